The van der Waals surface area contributed by atoms with E-state index in [4.69, 9.17) is 4.74 Å². The molecule has 0 aromatic carbocycles. The molecular formula is C10H21NO2S. The number of ether oxygens (including phenoxy) is 1. The molecule has 4 heteroatoms. The molecule has 0 saturated heterocycles. The molecule has 14 heavy (non-hydrogen) atoms. The molecule has 0 aliphatic rings. The zero-order valence-corrected chi connectivity index (χ0v) is 10.4. The zero-order valence-electron chi connectivity index (χ0n) is 9.55. The summed E-state index contributed by atoms with van der Waals surface area (Å²) in [6.07, 6.45) is 3.01. The summed E-state index contributed by atoms with van der Waals surface area (Å²) in [6.45, 7) is 7.10. The van der Waals surface area contributed by atoms with Crippen LogP contribution in [0, 0.1) is 0 Å². The van der Waals surface area contributed by atoms with Crippen LogP contribution in [0.25, 0.3) is 0 Å². The average Bonchev–Trinajstić information content (AvgIpc) is 2.15. The molecule has 3 nitrogen and oxygen atoms in total. The minimum absolute atomic E-state index is 0.150. The van der Waals surface area contributed by atoms with Crippen LogP contribution in [0.3, 0.4) is 0 Å². The third-order valence-corrected chi connectivity index (χ3v) is 2.79. The first-order valence-corrected chi connectivity index (χ1v) is 6.41. The van der Waals surface area contributed by atoms with Crippen molar-refractivity contribution in [2.75, 3.05) is 25.2 Å². The van der Waals surface area contributed by atoms with Crippen molar-refractivity contribution in [3.8, 4) is 0 Å². The normalized spacial score (nSPS) is 14.9. The lowest BCUT2D eigenvalue weighted by molar-refractivity contribution is -0.149. The van der Waals surface area contributed by atoms with E-state index in [0.717, 1.165) is 18.7 Å². The molecule has 0 spiro atoms. The molecule has 84 valence electrons. The fraction of sp³-hybridized carbons (Fsp3) is 0.900. The molecule has 0 aromatic heterocycles. The summed E-state index contributed by atoms with van der Waals surface area (Å²) in [5, 5.41) is 3.24. The van der Waals surface area contributed by atoms with Crippen molar-refractivity contribution in [2.24, 2.45) is 0 Å². The zero-order chi connectivity index (χ0) is 11.0. The van der Waals surface area contributed by atoms with Gasteiger partial charge < -0.3 is 10.1 Å². The van der Waals surface area contributed by atoms with Crippen LogP contribution in [0.4, 0.5) is 0 Å². The van der Waals surface area contributed by atoms with Gasteiger partial charge in [-0.1, -0.05) is 6.92 Å². The first-order valence-electron chi connectivity index (χ1n) is 5.02. The summed E-state index contributed by atoms with van der Waals surface area (Å²) in [7, 11) is 0. The number of rotatable bonds is 7. The first-order chi connectivity index (χ1) is 6.60. The molecule has 0 saturated carbocycles. The van der Waals surface area contributed by atoms with Crippen LogP contribution in [-0.4, -0.2) is 36.7 Å². The van der Waals surface area contributed by atoms with E-state index in [1.165, 1.54) is 0 Å². The second kappa shape index (κ2) is 7.12. The summed E-state index contributed by atoms with van der Waals surface area (Å²) >= 11 is 1.65. The fourth-order valence-electron chi connectivity index (χ4n) is 1.16. The Labute approximate surface area is 91.0 Å². The molecule has 0 aliphatic heterocycles. The van der Waals surface area contributed by atoms with Crippen LogP contribution in [0.1, 0.15) is 27.2 Å². The van der Waals surface area contributed by atoms with Crippen LogP contribution in [0.2, 0.25) is 0 Å². The Kier molecular flexibility index (Phi) is 7.01. The summed E-state index contributed by atoms with van der Waals surface area (Å²) < 4.78 is 5.04. The van der Waals surface area contributed by atoms with Gasteiger partial charge in [-0.2, -0.15) is 11.8 Å². The van der Waals surface area contributed by atoms with Crippen molar-refractivity contribution in [2.45, 2.75) is 32.7 Å². The van der Waals surface area contributed by atoms with Gasteiger partial charge in [0.2, 0.25) is 0 Å². The fourth-order valence-corrected chi connectivity index (χ4v) is 1.96. The summed E-state index contributed by atoms with van der Waals surface area (Å²) in [5.41, 5.74) is -0.536. The van der Waals surface area contributed by atoms with Crippen molar-refractivity contribution in [1.29, 1.82) is 0 Å². The highest BCUT2D eigenvalue weighted by atomic mass is 32.2. The van der Waals surface area contributed by atoms with E-state index >= 15 is 0 Å². The van der Waals surface area contributed by atoms with E-state index in [2.05, 4.69) is 12.2 Å². The maximum absolute atomic E-state index is 11.7. The second-order valence-corrected chi connectivity index (χ2v) is 4.28. The van der Waals surface area contributed by atoms with E-state index in [0.29, 0.717) is 6.61 Å². The van der Waals surface area contributed by atoms with Crippen molar-refractivity contribution in [3.63, 3.8) is 0 Å². The summed E-state index contributed by atoms with van der Waals surface area (Å²) in [4.78, 5) is 11.7. The maximum atomic E-state index is 11.7. The monoisotopic (exact) mass is 219 g/mol. The highest BCUT2D eigenvalue weighted by molar-refractivity contribution is 7.98. The van der Waals surface area contributed by atoms with Crippen molar-refractivity contribution in [1.82, 2.24) is 5.32 Å². The molecule has 0 rings (SSSR count). The summed E-state index contributed by atoms with van der Waals surface area (Å²) in [6, 6.07) is 0. The lowest BCUT2D eigenvalue weighted by Gasteiger charge is -2.27. The number of thioether (sulfide) groups is 1. The van der Waals surface area contributed by atoms with Gasteiger partial charge in [-0.25, -0.2) is 0 Å². The lowest BCUT2D eigenvalue weighted by Crippen LogP contribution is -2.52. The Balaban J connectivity index is 4.28. The largest absolute Gasteiger partial charge is 0.465 e. The lowest BCUT2D eigenvalue weighted by atomic mass is 10.1. The van der Waals surface area contributed by atoms with Crippen LogP contribution < -0.4 is 5.32 Å². The molecule has 0 aromatic rings. The molecule has 0 fully saturated rings. The number of carbonyl (C=O) groups is 1. The topological polar surface area (TPSA) is 38.3 Å². The van der Waals surface area contributed by atoms with Gasteiger partial charge in [0.15, 0.2) is 0 Å². The maximum Gasteiger partial charge on any atom is 0.326 e. The van der Waals surface area contributed by atoms with Gasteiger partial charge in [0, 0.05) is 5.75 Å². The molecule has 1 unspecified atom stereocenters. The second-order valence-electron chi connectivity index (χ2n) is 3.41. The number of esters is 1. The summed E-state index contributed by atoms with van der Waals surface area (Å²) in [5.74, 6) is 0.592. The van der Waals surface area contributed by atoms with Gasteiger partial charge in [-0.05, 0) is 33.1 Å². The smallest absolute Gasteiger partial charge is 0.326 e. The van der Waals surface area contributed by atoms with Gasteiger partial charge in [0.05, 0.1) is 6.61 Å². The molecule has 0 aliphatic carbocycles. The quantitative estimate of drug-likeness (QED) is 0.661. The van der Waals surface area contributed by atoms with Gasteiger partial charge >= 0.3 is 5.97 Å². The highest BCUT2D eigenvalue weighted by Crippen LogP contribution is 2.13. The Morgan fingerprint density at radius 1 is 1.50 bits per heavy atom. The van der Waals surface area contributed by atoms with E-state index in [1.54, 1.807) is 11.8 Å². The number of nitrogens with one attached hydrogen (secondary N) is 1. The average molecular weight is 219 g/mol. The van der Waals surface area contributed by atoms with E-state index in [9.17, 15) is 4.79 Å². The molecule has 0 heterocycles. The molecule has 1 atom stereocenters. The SMILES string of the molecule is CCCNC(C)(CSC)C(=O)OCC. The van der Waals surface area contributed by atoms with Crippen LogP contribution in [-0.2, 0) is 9.53 Å². The Morgan fingerprint density at radius 3 is 2.57 bits per heavy atom. The third-order valence-electron chi connectivity index (χ3n) is 1.92. The van der Waals surface area contributed by atoms with Gasteiger partial charge in [-0.15, -0.1) is 0 Å². The van der Waals surface area contributed by atoms with Crippen LogP contribution >= 0.6 is 11.8 Å². The molecule has 1 N–H and O–H groups in total. The van der Waals surface area contributed by atoms with E-state index < -0.39 is 5.54 Å². The number of hydrogen-bond donors (Lipinski definition) is 1. The van der Waals surface area contributed by atoms with E-state index in [1.807, 2.05) is 20.1 Å². The number of carbonyl (C=O) groups excluding carboxylic acids is 1. The van der Waals surface area contributed by atoms with Crippen LogP contribution in [0.5, 0.6) is 0 Å². The Morgan fingerprint density at radius 2 is 2.14 bits per heavy atom. The van der Waals surface area contributed by atoms with Crippen molar-refractivity contribution in [3.05, 3.63) is 0 Å². The van der Waals surface area contributed by atoms with E-state index in [-0.39, 0.29) is 5.97 Å². The molecule has 0 bridgehead atoms. The molecule has 0 amide bonds. The highest BCUT2D eigenvalue weighted by Gasteiger charge is 2.33. The first kappa shape index (κ1) is 13.8. The van der Waals surface area contributed by atoms with Crippen molar-refractivity contribution < 1.29 is 9.53 Å². The van der Waals surface area contributed by atoms with Gasteiger partial charge in [-0.3, -0.25) is 4.79 Å². The minimum Gasteiger partial charge on any atom is -0.465 e. The predicted octanol–water partition coefficient (Wildman–Crippen LogP) is 1.67. The van der Waals surface area contributed by atoms with Gasteiger partial charge in [0.1, 0.15) is 5.54 Å². The molecular weight excluding hydrogens is 198 g/mol. The Bertz CT molecular complexity index is 176. The minimum atomic E-state index is -0.536. The van der Waals surface area contributed by atoms with Crippen LogP contribution in [0.15, 0.2) is 0 Å². The van der Waals surface area contributed by atoms with Gasteiger partial charge in [0.25, 0.3) is 0 Å². The Hall–Kier alpha value is -0.220. The standard InChI is InChI=1S/C10H21NO2S/c1-5-7-11-10(3,8-14-4)9(12)13-6-2/h11H,5-8H2,1-4H3. The molecule has 0 radical (unpaired) electrons. The predicted molar refractivity (Wildman–Crippen MR) is 61.7 cm³/mol. The number of hydrogen-bond acceptors (Lipinski definition) is 4. The van der Waals surface area contributed by atoms with Crippen molar-refractivity contribution >= 4 is 17.7 Å². The third kappa shape index (κ3) is 4.33.